The molecule has 0 aromatic heterocycles. The number of nitrogens with zero attached hydrogens (tertiary/aromatic N) is 1. The van der Waals surface area contributed by atoms with Crippen LogP contribution in [0.15, 0.2) is 0 Å². The number of alkyl halides is 1. The van der Waals surface area contributed by atoms with Crippen molar-refractivity contribution in [3.05, 3.63) is 0 Å². The molecule has 1 fully saturated rings. The molecule has 16 heavy (non-hydrogen) atoms. The van der Waals surface area contributed by atoms with Gasteiger partial charge in [-0.25, -0.2) is 8.42 Å². The van der Waals surface area contributed by atoms with E-state index in [2.05, 4.69) is 15.9 Å². The average Bonchev–Trinajstić information content (AvgIpc) is 2.27. The van der Waals surface area contributed by atoms with Gasteiger partial charge in [-0.05, 0) is 19.3 Å². The highest BCUT2D eigenvalue weighted by molar-refractivity contribution is 9.09. The van der Waals surface area contributed by atoms with Crippen LogP contribution in [0.25, 0.3) is 0 Å². The van der Waals surface area contributed by atoms with Gasteiger partial charge in [0.25, 0.3) is 0 Å². The summed E-state index contributed by atoms with van der Waals surface area (Å²) in [6.45, 7) is 0.948. The van der Waals surface area contributed by atoms with Crippen molar-refractivity contribution in [1.82, 2.24) is 4.31 Å². The Kier molecular flexibility index (Phi) is 6.25. The van der Waals surface area contributed by atoms with Crippen molar-refractivity contribution in [2.75, 3.05) is 31.3 Å². The predicted octanol–water partition coefficient (Wildman–Crippen LogP) is 1.60. The molecule has 1 atom stereocenters. The second-order valence-corrected chi connectivity index (χ2v) is 6.88. The number of piperidine rings is 1. The summed E-state index contributed by atoms with van der Waals surface area (Å²) in [5, 5.41) is 0.855. The Morgan fingerprint density at radius 2 is 2.19 bits per heavy atom. The first-order valence-electron chi connectivity index (χ1n) is 5.66. The number of hydrogen-bond acceptors (Lipinski definition) is 3. The molecule has 0 aromatic rings. The normalized spacial score (nSPS) is 23.5. The summed E-state index contributed by atoms with van der Waals surface area (Å²) in [4.78, 5) is 0. The molecule has 0 saturated carbocycles. The minimum absolute atomic E-state index is 0.0995. The summed E-state index contributed by atoms with van der Waals surface area (Å²) in [5.41, 5.74) is 0. The Bertz CT molecular complexity index is 292. The third-order valence-electron chi connectivity index (χ3n) is 2.92. The summed E-state index contributed by atoms with van der Waals surface area (Å²) in [7, 11) is -1.60. The van der Waals surface area contributed by atoms with Crippen molar-refractivity contribution in [2.45, 2.75) is 31.7 Å². The highest BCUT2D eigenvalue weighted by Gasteiger charge is 2.31. The fraction of sp³-hybridized carbons (Fsp3) is 1.00. The minimum Gasteiger partial charge on any atom is -0.384 e. The molecule has 0 aromatic carbocycles. The fourth-order valence-corrected chi connectivity index (χ4v) is 4.27. The Labute approximate surface area is 107 Å². The molecule has 0 aliphatic carbocycles. The van der Waals surface area contributed by atoms with E-state index in [0.717, 1.165) is 31.0 Å². The van der Waals surface area contributed by atoms with Gasteiger partial charge < -0.3 is 4.74 Å². The minimum atomic E-state index is -3.13. The fourth-order valence-electron chi connectivity index (χ4n) is 2.06. The van der Waals surface area contributed by atoms with E-state index in [9.17, 15) is 8.42 Å². The second kappa shape index (κ2) is 6.93. The maximum atomic E-state index is 12.1. The van der Waals surface area contributed by atoms with Crippen molar-refractivity contribution >= 4 is 26.0 Å². The zero-order chi connectivity index (χ0) is 12.0. The lowest BCUT2D eigenvalue weighted by atomic mass is 10.0. The molecule has 0 bridgehead atoms. The molecular weight excluding hydrogens is 294 g/mol. The van der Waals surface area contributed by atoms with E-state index in [0.29, 0.717) is 6.54 Å². The number of halogens is 1. The van der Waals surface area contributed by atoms with Crippen LogP contribution in [0.1, 0.15) is 25.7 Å². The first-order valence-corrected chi connectivity index (χ1v) is 8.39. The van der Waals surface area contributed by atoms with E-state index in [4.69, 9.17) is 4.74 Å². The van der Waals surface area contributed by atoms with Crippen molar-refractivity contribution < 1.29 is 13.2 Å². The third-order valence-corrected chi connectivity index (χ3v) is 5.25. The number of hydrogen-bond donors (Lipinski definition) is 0. The summed E-state index contributed by atoms with van der Waals surface area (Å²) in [6, 6.07) is 0.176. The molecule has 4 nitrogen and oxygen atoms in total. The smallest absolute Gasteiger partial charge is 0.216 e. The highest BCUT2D eigenvalue weighted by atomic mass is 79.9. The van der Waals surface area contributed by atoms with Gasteiger partial charge in [0.1, 0.15) is 0 Å². The number of rotatable bonds is 6. The van der Waals surface area contributed by atoms with E-state index in [-0.39, 0.29) is 18.4 Å². The van der Waals surface area contributed by atoms with Crippen molar-refractivity contribution in [1.29, 1.82) is 0 Å². The quantitative estimate of drug-likeness (QED) is 0.700. The van der Waals surface area contributed by atoms with Gasteiger partial charge in [0.2, 0.25) is 10.0 Å². The van der Waals surface area contributed by atoms with E-state index in [1.807, 2.05) is 0 Å². The third kappa shape index (κ3) is 3.98. The summed E-state index contributed by atoms with van der Waals surface area (Å²) >= 11 is 3.39. The van der Waals surface area contributed by atoms with Gasteiger partial charge in [0.05, 0.1) is 12.4 Å². The van der Waals surface area contributed by atoms with Gasteiger partial charge in [-0.15, -0.1) is 0 Å². The maximum absolute atomic E-state index is 12.1. The van der Waals surface area contributed by atoms with Crippen molar-refractivity contribution in [3.8, 4) is 0 Å². The van der Waals surface area contributed by atoms with E-state index < -0.39 is 10.0 Å². The van der Waals surface area contributed by atoms with Crippen LogP contribution >= 0.6 is 15.9 Å². The van der Waals surface area contributed by atoms with Crippen LogP contribution in [0, 0.1) is 0 Å². The van der Waals surface area contributed by atoms with Crippen LogP contribution in [0.2, 0.25) is 0 Å². The van der Waals surface area contributed by atoms with Gasteiger partial charge in [0.15, 0.2) is 0 Å². The first kappa shape index (κ1) is 14.4. The maximum Gasteiger partial charge on any atom is 0.216 e. The lowest BCUT2D eigenvalue weighted by molar-refractivity contribution is 0.209. The van der Waals surface area contributed by atoms with Crippen LogP contribution in [0.5, 0.6) is 0 Å². The standard InChI is InChI=1S/C10H20BrNO3S/c1-15-8-9-16(13,14)12-7-3-2-4-10(12)5-6-11/h10H,2-9H2,1H3. The Morgan fingerprint density at radius 3 is 2.81 bits per heavy atom. The molecule has 1 aliphatic rings. The Balaban J connectivity index is 2.66. The topological polar surface area (TPSA) is 46.6 Å². The zero-order valence-electron chi connectivity index (χ0n) is 9.69. The van der Waals surface area contributed by atoms with Crippen LogP contribution in [-0.2, 0) is 14.8 Å². The number of ether oxygens (including phenoxy) is 1. The molecule has 1 unspecified atom stereocenters. The van der Waals surface area contributed by atoms with Crippen molar-refractivity contribution in [3.63, 3.8) is 0 Å². The van der Waals surface area contributed by atoms with Gasteiger partial charge in [-0.2, -0.15) is 4.31 Å². The largest absolute Gasteiger partial charge is 0.384 e. The van der Waals surface area contributed by atoms with Crippen LogP contribution in [0.3, 0.4) is 0 Å². The van der Waals surface area contributed by atoms with E-state index in [1.165, 1.54) is 7.11 Å². The van der Waals surface area contributed by atoms with E-state index >= 15 is 0 Å². The van der Waals surface area contributed by atoms with Crippen LogP contribution in [0.4, 0.5) is 0 Å². The van der Waals surface area contributed by atoms with Gasteiger partial charge in [0, 0.05) is 25.0 Å². The molecule has 0 radical (unpaired) electrons. The summed E-state index contributed by atoms with van der Waals surface area (Å²) < 4.78 is 30.6. The Morgan fingerprint density at radius 1 is 1.44 bits per heavy atom. The molecular formula is C10H20BrNO3S. The molecule has 0 spiro atoms. The molecule has 0 N–H and O–H groups in total. The monoisotopic (exact) mass is 313 g/mol. The predicted molar refractivity (Wildman–Crippen MR) is 68.4 cm³/mol. The lowest BCUT2D eigenvalue weighted by Gasteiger charge is -2.34. The molecule has 96 valence electrons. The Hall–Kier alpha value is 0.350. The number of methoxy groups -OCH3 is 1. The van der Waals surface area contributed by atoms with E-state index in [1.54, 1.807) is 4.31 Å². The second-order valence-electron chi connectivity index (χ2n) is 4.05. The van der Waals surface area contributed by atoms with Crippen molar-refractivity contribution in [2.24, 2.45) is 0 Å². The molecule has 1 heterocycles. The lowest BCUT2D eigenvalue weighted by Crippen LogP contribution is -2.45. The first-order chi connectivity index (χ1) is 7.61. The van der Waals surface area contributed by atoms with Gasteiger partial charge in [-0.3, -0.25) is 0 Å². The van der Waals surface area contributed by atoms with Crippen LogP contribution < -0.4 is 0 Å². The molecule has 1 rings (SSSR count). The zero-order valence-corrected chi connectivity index (χ0v) is 12.1. The molecule has 6 heteroatoms. The number of sulfonamides is 1. The molecule has 0 amide bonds. The highest BCUT2D eigenvalue weighted by Crippen LogP contribution is 2.23. The molecule has 1 saturated heterocycles. The van der Waals surface area contributed by atoms with Crippen LogP contribution in [-0.4, -0.2) is 50.1 Å². The van der Waals surface area contributed by atoms with Gasteiger partial charge in [-0.1, -0.05) is 22.4 Å². The SMILES string of the molecule is COCCS(=O)(=O)N1CCCCC1CCBr. The average molecular weight is 314 g/mol. The summed E-state index contributed by atoms with van der Waals surface area (Å²) in [5.74, 6) is 0.0995. The molecule has 1 aliphatic heterocycles. The summed E-state index contributed by atoms with van der Waals surface area (Å²) in [6.07, 6.45) is 3.99. The van der Waals surface area contributed by atoms with Gasteiger partial charge >= 0.3 is 0 Å².